The van der Waals surface area contributed by atoms with Crippen molar-refractivity contribution in [2.24, 2.45) is 17.1 Å². The van der Waals surface area contributed by atoms with Crippen LogP contribution in [-0.4, -0.2) is 13.2 Å². The number of methoxy groups -OCH3 is 1. The van der Waals surface area contributed by atoms with E-state index in [9.17, 15) is 4.39 Å². The van der Waals surface area contributed by atoms with Crippen molar-refractivity contribution in [2.45, 2.75) is 58.4 Å². The Hall–Kier alpha value is -1.09. The van der Waals surface area contributed by atoms with Crippen molar-refractivity contribution in [1.82, 2.24) is 0 Å². The number of benzene rings is 1. The van der Waals surface area contributed by atoms with Crippen LogP contribution in [0.3, 0.4) is 0 Å². The second-order valence-electron chi connectivity index (χ2n) is 6.91. The Labute approximate surface area is 127 Å². The van der Waals surface area contributed by atoms with Crippen LogP contribution in [-0.2, 0) is 6.42 Å². The van der Waals surface area contributed by atoms with Crippen LogP contribution in [0.4, 0.5) is 4.39 Å². The van der Waals surface area contributed by atoms with Gasteiger partial charge in [0, 0.05) is 6.04 Å². The molecule has 1 saturated carbocycles. The fourth-order valence-corrected chi connectivity index (χ4v) is 3.94. The Bertz CT molecular complexity index is 466. The van der Waals surface area contributed by atoms with Crippen molar-refractivity contribution in [3.8, 4) is 5.75 Å². The van der Waals surface area contributed by atoms with Crippen LogP contribution >= 0.6 is 0 Å². The largest absolute Gasteiger partial charge is 0.494 e. The maximum Gasteiger partial charge on any atom is 0.168 e. The van der Waals surface area contributed by atoms with Gasteiger partial charge in [0.2, 0.25) is 0 Å². The fourth-order valence-electron chi connectivity index (χ4n) is 3.94. The summed E-state index contributed by atoms with van der Waals surface area (Å²) in [5, 5.41) is 0. The van der Waals surface area contributed by atoms with Gasteiger partial charge in [-0.15, -0.1) is 0 Å². The van der Waals surface area contributed by atoms with E-state index in [1.807, 2.05) is 12.1 Å². The van der Waals surface area contributed by atoms with Gasteiger partial charge < -0.3 is 10.5 Å². The summed E-state index contributed by atoms with van der Waals surface area (Å²) in [5.74, 6) is 0.682. The standard InChI is InChI=1S/C18H28FNO/c1-13(2)12-18(9-4-5-10-18)16(20)11-14-7-6-8-15(21-3)17(14)19/h6-8,13,16H,4-5,9-12,20H2,1-3H3. The van der Waals surface area contributed by atoms with Crippen molar-refractivity contribution in [2.75, 3.05) is 7.11 Å². The molecule has 1 fully saturated rings. The second kappa shape index (κ2) is 6.78. The summed E-state index contributed by atoms with van der Waals surface area (Å²) >= 11 is 0. The van der Waals surface area contributed by atoms with E-state index in [-0.39, 0.29) is 17.3 Å². The zero-order valence-electron chi connectivity index (χ0n) is 13.5. The molecule has 0 amide bonds. The van der Waals surface area contributed by atoms with Gasteiger partial charge >= 0.3 is 0 Å². The van der Waals surface area contributed by atoms with E-state index in [1.165, 1.54) is 32.8 Å². The average molecular weight is 293 g/mol. The summed E-state index contributed by atoms with van der Waals surface area (Å²) in [6.07, 6.45) is 6.59. The van der Waals surface area contributed by atoms with Gasteiger partial charge in [0.15, 0.2) is 11.6 Å². The first-order valence-corrected chi connectivity index (χ1v) is 8.05. The summed E-state index contributed by atoms with van der Waals surface area (Å²) in [6, 6.07) is 5.34. The van der Waals surface area contributed by atoms with Crippen LogP contribution in [0.15, 0.2) is 18.2 Å². The monoisotopic (exact) mass is 293 g/mol. The SMILES string of the molecule is COc1cccc(CC(N)C2(CC(C)C)CCCC2)c1F. The minimum absolute atomic E-state index is 0.0176. The molecular weight excluding hydrogens is 265 g/mol. The third kappa shape index (κ3) is 3.57. The molecule has 0 aliphatic heterocycles. The molecule has 0 aromatic heterocycles. The molecule has 1 aliphatic rings. The minimum Gasteiger partial charge on any atom is -0.494 e. The van der Waals surface area contributed by atoms with E-state index in [4.69, 9.17) is 10.5 Å². The Morgan fingerprint density at radius 1 is 1.29 bits per heavy atom. The number of halogens is 1. The van der Waals surface area contributed by atoms with Crippen LogP contribution in [0.1, 0.15) is 51.5 Å². The van der Waals surface area contributed by atoms with Crippen LogP contribution in [0.2, 0.25) is 0 Å². The molecule has 0 heterocycles. The molecule has 1 aliphatic carbocycles. The van der Waals surface area contributed by atoms with Crippen molar-refractivity contribution in [3.63, 3.8) is 0 Å². The highest BCUT2D eigenvalue weighted by molar-refractivity contribution is 5.31. The third-order valence-corrected chi connectivity index (χ3v) is 4.90. The van der Waals surface area contributed by atoms with Crippen LogP contribution in [0, 0.1) is 17.2 Å². The molecule has 2 N–H and O–H groups in total. The average Bonchev–Trinajstić information content (AvgIpc) is 2.90. The third-order valence-electron chi connectivity index (χ3n) is 4.90. The summed E-state index contributed by atoms with van der Waals surface area (Å²) in [6.45, 7) is 4.50. The smallest absolute Gasteiger partial charge is 0.168 e. The minimum atomic E-state index is -0.256. The first-order valence-electron chi connectivity index (χ1n) is 8.05. The Kier molecular flexibility index (Phi) is 5.26. The molecule has 2 nitrogen and oxygen atoms in total. The van der Waals surface area contributed by atoms with Gasteiger partial charge in [0.25, 0.3) is 0 Å². The molecule has 1 aromatic carbocycles. The molecule has 0 bridgehead atoms. The number of hydrogen-bond donors (Lipinski definition) is 1. The highest BCUT2D eigenvalue weighted by Crippen LogP contribution is 2.46. The lowest BCUT2D eigenvalue weighted by atomic mass is 9.71. The quantitative estimate of drug-likeness (QED) is 0.848. The van der Waals surface area contributed by atoms with Crippen LogP contribution in [0.25, 0.3) is 0 Å². The molecule has 0 radical (unpaired) electrons. The molecule has 1 unspecified atom stereocenters. The van der Waals surface area contributed by atoms with Crippen LogP contribution in [0.5, 0.6) is 5.75 Å². The molecular formula is C18H28FNO. The highest BCUT2D eigenvalue weighted by atomic mass is 19.1. The molecule has 0 spiro atoms. The molecule has 1 aromatic rings. The van der Waals surface area contributed by atoms with Gasteiger partial charge in [-0.05, 0) is 48.6 Å². The molecule has 118 valence electrons. The zero-order chi connectivity index (χ0) is 15.5. The predicted molar refractivity (Wildman–Crippen MR) is 85.0 cm³/mol. The molecule has 2 rings (SSSR count). The molecule has 1 atom stereocenters. The fraction of sp³-hybridized carbons (Fsp3) is 0.667. The maximum atomic E-state index is 14.3. The van der Waals surface area contributed by atoms with E-state index in [2.05, 4.69) is 13.8 Å². The second-order valence-corrected chi connectivity index (χ2v) is 6.91. The topological polar surface area (TPSA) is 35.2 Å². The first-order chi connectivity index (χ1) is 9.98. The Morgan fingerprint density at radius 3 is 2.52 bits per heavy atom. The van der Waals surface area contributed by atoms with E-state index >= 15 is 0 Å². The lowest BCUT2D eigenvalue weighted by molar-refractivity contribution is 0.180. The van der Waals surface area contributed by atoms with E-state index in [1.54, 1.807) is 6.07 Å². The lowest BCUT2D eigenvalue weighted by Gasteiger charge is -2.37. The first kappa shape index (κ1) is 16.3. The summed E-state index contributed by atoms with van der Waals surface area (Å²) in [5.41, 5.74) is 7.41. The van der Waals surface area contributed by atoms with Crippen molar-refractivity contribution < 1.29 is 9.13 Å². The van der Waals surface area contributed by atoms with Gasteiger partial charge in [-0.2, -0.15) is 0 Å². The number of rotatable bonds is 6. The van der Waals surface area contributed by atoms with Gasteiger partial charge in [-0.3, -0.25) is 0 Å². The Balaban J connectivity index is 2.17. The van der Waals surface area contributed by atoms with Crippen molar-refractivity contribution >= 4 is 0 Å². The van der Waals surface area contributed by atoms with Gasteiger partial charge in [-0.25, -0.2) is 4.39 Å². The van der Waals surface area contributed by atoms with Crippen molar-refractivity contribution in [1.29, 1.82) is 0 Å². The number of hydrogen-bond acceptors (Lipinski definition) is 2. The van der Waals surface area contributed by atoms with Gasteiger partial charge in [0.05, 0.1) is 7.11 Å². The summed E-state index contributed by atoms with van der Waals surface area (Å²) in [7, 11) is 1.50. The van der Waals surface area contributed by atoms with E-state index < -0.39 is 0 Å². The number of ether oxygens (including phenoxy) is 1. The lowest BCUT2D eigenvalue weighted by Crippen LogP contribution is -2.42. The van der Waals surface area contributed by atoms with Gasteiger partial charge in [0.1, 0.15) is 0 Å². The Morgan fingerprint density at radius 2 is 1.95 bits per heavy atom. The number of nitrogens with two attached hydrogens (primary N) is 1. The molecule has 0 saturated heterocycles. The summed E-state index contributed by atoms with van der Waals surface area (Å²) in [4.78, 5) is 0. The molecule has 21 heavy (non-hydrogen) atoms. The van der Waals surface area contributed by atoms with Crippen LogP contribution < -0.4 is 10.5 Å². The zero-order valence-corrected chi connectivity index (χ0v) is 13.5. The van der Waals surface area contributed by atoms with Gasteiger partial charge in [-0.1, -0.05) is 38.8 Å². The normalized spacial score (nSPS) is 19.0. The summed E-state index contributed by atoms with van der Waals surface area (Å²) < 4.78 is 19.4. The van der Waals surface area contributed by atoms with E-state index in [0.29, 0.717) is 23.7 Å². The molecule has 3 heteroatoms. The van der Waals surface area contributed by atoms with E-state index in [0.717, 1.165) is 6.42 Å². The maximum absolute atomic E-state index is 14.3. The van der Waals surface area contributed by atoms with Crippen molar-refractivity contribution in [3.05, 3.63) is 29.6 Å². The highest BCUT2D eigenvalue weighted by Gasteiger charge is 2.39. The predicted octanol–water partition coefficient (Wildman–Crippen LogP) is 4.31.